The fourth-order valence-corrected chi connectivity index (χ4v) is 2.20. The molecule has 0 heterocycles. The van der Waals surface area contributed by atoms with E-state index < -0.39 is 0 Å². The number of hydrogen-bond acceptors (Lipinski definition) is 3. The third-order valence-corrected chi connectivity index (χ3v) is 3.46. The molecule has 118 valence electrons. The molecule has 22 heavy (non-hydrogen) atoms. The lowest BCUT2D eigenvalue weighted by molar-refractivity contribution is 0.264. The Morgan fingerprint density at radius 3 is 2.32 bits per heavy atom. The predicted octanol–water partition coefficient (Wildman–Crippen LogP) is 4.50. The molecule has 0 aliphatic carbocycles. The number of para-hydroxylation sites is 1. The van der Waals surface area contributed by atoms with Crippen molar-refractivity contribution in [1.29, 1.82) is 0 Å². The predicted molar refractivity (Wildman–Crippen MR) is 89.0 cm³/mol. The molecular weight excluding hydrogens is 276 g/mol. The first kappa shape index (κ1) is 16.2. The third kappa shape index (κ3) is 4.99. The normalized spacial score (nSPS) is 10.3. The van der Waals surface area contributed by atoms with Crippen LogP contribution in [0.3, 0.4) is 0 Å². The highest BCUT2D eigenvalue weighted by molar-refractivity contribution is 5.33. The third-order valence-electron chi connectivity index (χ3n) is 3.46. The van der Waals surface area contributed by atoms with Gasteiger partial charge in [0.25, 0.3) is 0 Å². The number of benzene rings is 2. The summed E-state index contributed by atoms with van der Waals surface area (Å²) in [5, 5.41) is 0. The van der Waals surface area contributed by atoms with Crippen molar-refractivity contribution in [3.8, 4) is 17.2 Å². The van der Waals surface area contributed by atoms with E-state index in [1.807, 2.05) is 42.5 Å². The SMILES string of the molecule is CCc1ccccc1OCCCCOc1cccc(OC)c1. The first-order valence-corrected chi connectivity index (χ1v) is 7.81. The number of aryl methyl sites for hydroxylation is 1. The Balaban J connectivity index is 1.65. The van der Waals surface area contributed by atoms with Crippen molar-refractivity contribution in [2.24, 2.45) is 0 Å². The van der Waals surface area contributed by atoms with E-state index >= 15 is 0 Å². The molecule has 0 saturated heterocycles. The lowest BCUT2D eigenvalue weighted by Gasteiger charge is -2.10. The van der Waals surface area contributed by atoms with E-state index in [-0.39, 0.29) is 0 Å². The smallest absolute Gasteiger partial charge is 0.122 e. The zero-order valence-corrected chi connectivity index (χ0v) is 13.4. The molecule has 0 fully saturated rings. The number of ether oxygens (including phenoxy) is 3. The van der Waals surface area contributed by atoms with Gasteiger partial charge in [0, 0.05) is 6.07 Å². The summed E-state index contributed by atoms with van der Waals surface area (Å²) < 4.78 is 16.7. The lowest BCUT2D eigenvalue weighted by Crippen LogP contribution is -2.03. The van der Waals surface area contributed by atoms with Crippen molar-refractivity contribution in [3.63, 3.8) is 0 Å². The molecule has 0 atom stereocenters. The van der Waals surface area contributed by atoms with Crippen molar-refractivity contribution < 1.29 is 14.2 Å². The van der Waals surface area contributed by atoms with Crippen molar-refractivity contribution >= 4 is 0 Å². The van der Waals surface area contributed by atoms with Gasteiger partial charge in [-0.15, -0.1) is 0 Å². The maximum Gasteiger partial charge on any atom is 0.122 e. The van der Waals surface area contributed by atoms with Crippen LogP contribution in [0.25, 0.3) is 0 Å². The van der Waals surface area contributed by atoms with Crippen LogP contribution in [0, 0.1) is 0 Å². The summed E-state index contributed by atoms with van der Waals surface area (Å²) in [5.41, 5.74) is 1.26. The molecule has 0 amide bonds. The van der Waals surface area contributed by atoms with Gasteiger partial charge in [-0.25, -0.2) is 0 Å². The molecule has 0 aliphatic rings. The molecule has 3 heteroatoms. The molecule has 0 saturated carbocycles. The molecule has 0 spiro atoms. The van der Waals surface area contributed by atoms with Crippen molar-refractivity contribution in [1.82, 2.24) is 0 Å². The second-order valence-corrected chi connectivity index (χ2v) is 5.04. The largest absolute Gasteiger partial charge is 0.497 e. The van der Waals surface area contributed by atoms with Crippen LogP contribution in [0.2, 0.25) is 0 Å². The van der Waals surface area contributed by atoms with Crippen LogP contribution in [0.1, 0.15) is 25.3 Å². The van der Waals surface area contributed by atoms with Crippen LogP contribution in [-0.4, -0.2) is 20.3 Å². The van der Waals surface area contributed by atoms with Crippen LogP contribution in [0.15, 0.2) is 48.5 Å². The lowest BCUT2D eigenvalue weighted by atomic mass is 10.1. The Morgan fingerprint density at radius 2 is 1.55 bits per heavy atom. The maximum absolute atomic E-state index is 5.84. The number of hydrogen-bond donors (Lipinski definition) is 0. The fraction of sp³-hybridized carbons (Fsp3) is 0.368. The van der Waals surface area contributed by atoms with Crippen LogP contribution in [-0.2, 0) is 6.42 Å². The van der Waals surface area contributed by atoms with Crippen molar-refractivity contribution in [3.05, 3.63) is 54.1 Å². The quantitative estimate of drug-likeness (QED) is 0.638. The molecule has 0 radical (unpaired) electrons. The van der Waals surface area contributed by atoms with Crippen LogP contribution in [0.5, 0.6) is 17.2 Å². The molecule has 0 aromatic heterocycles. The van der Waals surface area contributed by atoms with Gasteiger partial charge in [-0.3, -0.25) is 0 Å². The number of unbranched alkanes of at least 4 members (excludes halogenated alkanes) is 1. The highest BCUT2D eigenvalue weighted by Gasteiger charge is 2.01. The molecule has 2 aromatic carbocycles. The Morgan fingerprint density at radius 1 is 0.818 bits per heavy atom. The summed E-state index contributed by atoms with van der Waals surface area (Å²) in [4.78, 5) is 0. The fourth-order valence-electron chi connectivity index (χ4n) is 2.20. The molecular formula is C19H24O3. The molecule has 3 nitrogen and oxygen atoms in total. The van der Waals surface area contributed by atoms with Gasteiger partial charge in [0.2, 0.25) is 0 Å². The first-order valence-electron chi connectivity index (χ1n) is 7.81. The Labute approximate surface area is 132 Å². The second-order valence-electron chi connectivity index (χ2n) is 5.04. The average Bonchev–Trinajstić information content (AvgIpc) is 2.58. The van der Waals surface area contributed by atoms with Gasteiger partial charge in [-0.1, -0.05) is 31.2 Å². The Bertz CT molecular complexity index is 566. The van der Waals surface area contributed by atoms with E-state index in [4.69, 9.17) is 14.2 Å². The Hall–Kier alpha value is -2.16. The van der Waals surface area contributed by atoms with Crippen LogP contribution >= 0.6 is 0 Å². The summed E-state index contributed by atoms with van der Waals surface area (Å²) in [5.74, 6) is 2.66. The summed E-state index contributed by atoms with van der Waals surface area (Å²) in [6, 6.07) is 15.9. The second kappa shape index (κ2) is 8.98. The summed E-state index contributed by atoms with van der Waals surface area (Å²) >= 11 is 0. The minimum atomic E-state index is 0.686. The summed E-state index contributed by atoms with van der Waals surface area (Å²) in [7, 11) is 1.66. The van der Waals surface area contributed by atoms with Gasteiger partial charge < -0.3 is 14.2 Å². The zero-order valence-electron chi connectivity index (χ0n) is 13.4. The number of methoxy groups -OCH3 is 1. The van der Waals surface area contributed by atoms with Gasteiger partial charge in [0.15, 0.2) is 0 Å². The Kier molecular flexibility index (Phi) is 6.62. The molecule has 0 unspecified atom stereocenters. The van der Waals surface area contributed by atoms with E-state index in [1.165, 1.54) is 5.56 Å². The molecule has 0 aliphatic heterocycles. The minimum absolute atomic E-state index is 0.686. The first-order chi connectivity index (χ1) is 10.8. The number of rotatable bonds is 9. The topological polar surface area (TPSA) is 27.7 Å². The summed E-state index contributed by atoms with van der Waals surface area (Å²) in [6.45, 7) is 3.55. The van der Waals surface area contributed by atoms with Gasteiger partial charge in [-0.2, -0.15) is 0 Å². The van der Waals surface area contributed by atoms with Crippen molar-refractivity contribution in [2.75, 3.05) is 20.3 Å². The van der Waals surface area contributed by atoms with Crippen LogP contribution < -0.4 is 14.2 Å². The highest BCUT2D eigenvalue weighted by atomic mass is 16.5. The van der Waals surface area contributed by atoms with E-state index in [1.54, 1.807) is 7.11 Å². The molecule has 2 aromatic rings. The maximum atomic E-state index is 5.84. The van der Waals surface area contributed by atoms with Gasteiger partial charge in [-0.05, 0) is 43.0 Å². The monoisotopic (exact) mass is 300 g/mol. The van der Waals surface area contributed by atoms with E-state index in [9.17, 15) is 0 Å². The van der Waals surface area contributed by atoms with Gasteiger partial charge >= 0.3 is 0 Å². The van der Waals surface area contributed by atoms with E-state index in [0.29, 0.717) is 6.61 Å². The molecule has 0 N–H and O–H groups in total. The van der Waals surface area contributed by atoms with Crippen LogP contribution in [0.4, 0.5) is 0 Å². The van der Waals surface area contributed by atoms with E-state index in [0.717, 1.165) is 43.1 Å². The van der Waals surface area contributed by atoms with Gasteiger partial charge in [0.1, 0.15) is 17.2 Å². The molecule has 0 bridgehead atoms. The average molecular weight is 300 g/mol. The minimum Gasteiger partial charge on any atom is -0.497 e. The standard InChI is InChI=1S/C19H24O3/c1-3-16-9-4-5-12-19(16)22-14-7-6-13-21-18-11-8-10-17(15-18)20-2/h4-5,8-12,15H,3,6-7,13-14H2,1-2H3. The van der Waals surface area contributed by atoms with Crippen molar-refractivity contribution in [2.45, 2.75) is 26.2 Å². The highest BCUT2D eigenvalue weighted by Crippen LogP contribution is 2.20. The van der Waals surface area contributed by atoms with E-state index in [2.05, 4.69) is 13.0 Å². The zero-order chi connectivity index (χ0) is 15.6. The molecule has 2 rings (SSSR count). The van der Waals surface area contributed by atoms with Gasteiger partial charge in [0.05, 0.1) is 20.3 Å². The summed E-state index contributed by atoms with van der Waals surface area (Å²) in [6.07, 6.45) is 2.93.